The zero-order chi connectivity index (χ0) is 35.9. The first-order valence-corrected chi connectivity index (χ1v) is 18.5. The van der Waals surface area contributed by atoms with E-state index in [1.807, 2.05) is 54.1 Å². The SMILES string of the molecule is CNc1ccccc1CCN(C=O)C1CCN(C(=O)O[C@H](Cc2cc(C)c3[nH]c(=O)ccc3c2)C(=O)N2CCC(N3CCC(O)CC3)CC2)CC1. The highest BCUT2D eigenvalue weighted by atomic mass is 16.6. The number of anilines is 1. The zero-order valence-corrected chi connectivity index (χ0v) is 29.9. The van der Waals surface area contributed by atoms with Crippen molar-refractivity contribution in [1.82, 2.24) is 24.6 Å². The number of carbonyl (C=O) groups is 3. The number of aliphatic hydroxyl groups excluding tert-OH is 1. The fraction of sp³-hybridized carbons (Fsp3) is 0.538. The first kappa shape index (κ1) is 36.4. The Bertz CT molecular complexity index is 1720. The Balaban J connectivity index is 1.10. The van der Waals surface area contributed by atoms with E-state index < -0.39 is 12.2 Å². The molecule has 1 atom stereocenters. The van der Waals surface area contributed by atoms with E-state index in [4.69, 9.17) is 4.74 Å². The molecule has 4 heterocycles. The van der Waals surface area contributed by atoms with Gasteiger partial charge in [0.2, 0.25) is 12.0 Å². The van der Waals surface area contributed by atoms with Gasteiger partial charge >= 0.3 is 6.09 Å². The molecule has 2 aromatic carbocycles. The third-order valence-electron chi connectivity index (χ3n) is 11.1. The molecule has 0 aliphatic carbocycles. The molecule has 12 nitrogen and oxygen atoms in total. The Hall–Kier alpha value is -4.42. The molecule has 0 spiro atoms. The van der Waals surface area contributed by atoms with Crippen molar-refractivity contribution in [3.63, 3.8) is 0 Å². The number of pyridine rings is 1. The number of hydrogen-bond donors (Lipinski definition) is 3. The molecule has 3 aliphatic heterocycles. The summed E-state index contributed by atoms with van der Waals surface area (Å²) in [4.78, 5) is 62.6. The molecule has 3 saturated heterocycles. The van der Waals surface area contributed by atoms with E-state index in [0.717, 1.165) is 84.9 Å². The van der Waals surface area contributed by atoms with Gasteiger partial charge in [0.1, 0.15) is 0 Å². The number of nitrogens with zero attached hydrogens (tertiary/aromatic N) is 4. The number of ether oxygens (including phenoxy) is 1. The van der Waals surface area contributed by atoms with Crippen LogP contribution in [-0.2, 0) is 27.2 Å². The van der Waals surface area contributed by atoms with Gasteiger partial charge in [-0.2, -0.15) is 0 Å². The van der Waals surface area contributed by atoms with Crippen LogP contribution in [0.3, 0.4) is 0 Å². The van der Waals surface area contributed by atoms with Crippen molar-refractivity contribution in [2.45, 2.75) is 82.6 Å². The number of rotatable bonds is 11. The second-order valence-electron chi connectivity index (χ2n) is 14.3. The minimum atomic E-state index is -1.00. The minimum Gasteiger partial charge on any atom is -0.436 e. The van der Waals surface area contributed by atoms with Gasteiger partial charge in [0, 0.05) is 83.1 Å². The van der Waals surface area contributed by atoms with E-state index in [9.17, 15) is 24.3 Å². The monoisotopic (exact) mass is 700 g/mol. The lowest BCUT2D eigenvalue weighted by Gasteiger charge is -2.41. The van der Waals surface area contributed by atoms with Crippen molar-refractivity contribution in [1.29, 1.82) is 0 Å². The molecule has 0 radical (unpaired) electrons. The van der Waals surface area contributed by atoms with Crippen LogP contribution < -0.4 is 10.9 Å². The summed E-state index contributed by atoms with van der Waals surface area (Å²) in [7, 11) is 1.89. The highest BCUT2D eigenvalue weighted by Gasteiger charge is 2.35. The predicted octanol–water partition coefficient (Wildman–Crippen LogP) is 3.54. The van der Waals surface area contributed by atoms with Gasteiger partial charge in [-0.05, 0) is 92.1 Å². The first-order chi connectivity index (χ1) is 24.7. The average molecular weight is 701 g/mol. The Labute approximate surface area is 299 Å². The number of benzene rings is 2. The van der Waals surface area contributed by atoms with Gasteiger partial charge in [-0.3, -0.25) is 14.4 Å². The third-order valence-corrected chi connectivity index (χ3v) is 11.1. The average Bonchev–Trinajstić information content (AvgIpc) is 3.15. The highest BCUT2D eigenvalue weighted by molar-refractivity contribution is 5.85. The van der Waals surface area contributed by atoms with Gasteiger partial charge in [0.15, 0.2) is 6.10 Å². The molecule has 274 valence electrons. The highest BCUT2D eigenvalue weighted by Crippen LogP contribution is 2.25. The van der Waals surface area contributed by atoms with Gasteiger partial charge in [0.25, 0.3) is 5.91 Å². The predicted molar refractivity (Wildman–Crippen MR) is 197 cm³/mol. The molecule has 6 rings (SSSR count). The molecule has 51 heavy (non-hydrogen) atoms. The molecule has 0 bridgehead atoms. The quantitative estimate of drug-likeness (QED) is 0.259. The van der Waals surface area contributed by atoms with Crippen molar-refractivity contribution in [2.24, 2.45) is 0 Å². The lowest BCUT2D eigenvalue weighted by molar-refractivity contribution is -0.142. The van der Waals surface area contributed by atoms with Gasteiger partial charge < -0.3 is 39.7 Å². The summed E-state index contributed by atoms with van der Waals surface area (Å²) in [5.74, 6) is -0.195. The lowest BCUT2D eigenvalue weighted by Crippen LogP contribution is -2.53. The number of aryl methyl sites for hydroxylation is 1. The fourth-order valence-electron chi connectivity index (χ4n) is 8.07. The number of aromatic amines is 1. The van der Waals surface area contributed by atoms with Crippen molar-refractivity contribution in [3.05, 3.63) is 75.6 Å². The summed E-state index contributed by atoms with van der Waals surface area (Å²) in [5.41, 5.74) is 4.49. The van der Waals surface area contributed by atoms with Crippen molar-refractivity contribution >= 4 is 35.0 Å². The number of para-hydroxylation sites is 1. The summed E-state index contributed by atoms with van der Waals surface area (Å²) < 4.78 is 6.10. The Morgan fingerprint density at radius 2 is 1.69 bits per heavy atom. The number of H-pyrrole nitrogens is 1. The van der Waals surface area contributed by atoms with Crippen molar-refractivity contribution in [2.75, 3.05) is 58.2 Å². The lowest BCUT2D eigenvalue weighted by atomic mass is 9.97. The molecule has 12 heteroatoms. The van der Waals surface area contributed by atoms with E-state index in [2.05, 4.69) is 21.3 Å². The number of aromatic nitrogens is 1. The van der Waals surface area contributed by atoms with Crippen LogP contribution in [0, 0.1) is 6.92 Å². The van der Waals surface area contributed by atoms with Crippen molar-refractivity contribution < 1.29 is 24.2 Å². The van der Waals surface area contributed by atoms with E-state index in [1.54, 1.807) is 11.0 Å². The smallest absolute Gasteiger partial charge is 0.410 e. The number of hydrogen-bond acceptors (Lipinski definition) is 8. The number of fused-ring (bicyclic) bond motifs is 1. The summed E-state index contributed by atoms with van der Waals surface area (Å²) >= 11 is 0. The third kappa shape index (κ3) is 8.91. The summed E-state index contributed by atoms with van der Waals surface area (Å²) in [6.07, 6.45) is 4.61. The zero-order valence-electron chi connectivity index (χ0n) is 29.9. The van der Waals surface area contributed by atoms with Crippen molar-refractivity contribution in [3.8, 4) is 0 Å². The van der Waals surface area contributed by atoms with E-state index in [0.29, 0.717) is 51.6 Å². The number of nitrogens with one attached hydrogen (secondary N) is 2. The van der Waals surface area contributed by atoms with Crippen LogP contribution >= 0.6 is 0 Å². The second kappa shape index (κ2) is 16.7. The maximum absolute atomic E-state index is 14.1. The normalized spacial score (nSPS) is 18.8. The van der Waals surface area contributed by atoms with E-state index in [-0.39, 0.29) is 30.0 Å². The second-order valence-corrected chi connectivity index (χ2v) is 14.3. The molecule has 3 N–H and O–H groups in total. The standard InChI is InChI=1S/C39H52N6O6/c1-27-23-28(24-30-7-8-36(48)41-37(27)30)25-35(38(49)43-17-10-31(11-18-43)42-21-14-33(47)15-22-42)51-39(50)44-19-12-32(13-20-44)45(26-46)16-9-29-5-3-4-6-34(29)40-2/h3-8,23-24,26,31-33,35,40,47H,9-22,25H2,1-2H3,(H,41,48)/t35-/m1/s1. The number of likely N-dealkylation sites (tertiary alicyclic amines) is 3. The van der Waals surface area contributed by atoms with Gasteiger partial charge in [0.05, 0.1) is 11.6 Å². The number of amides is 3. The molecule has 3 aliphatic rings. The maximum atomic E-state index is 14.1. The van der Waals surface area contributed by atoms with Crippen LogP contribution in [0.4, 0.5) is 10.5 Å². The molecule has 3 amide bonds. The van der Waals surface area contributed by atoms with Crippen LogP contribution in [0.15, 0.2) is 53.3 Å². The van der Waals surface area contributed by atoms with Crippen LogP contribution in [-0.4, -0.2) is 125 Å². The number of carbonyl (C=O) groups excluding carboxylic acids is 3. The van der Waals surface area contributed by atoms with Crippen LogP contribution in [0.2, 0.25) is 0 Å². The van der Waals surface area contributed by atoms with E-state index >= 15 is 0 Å². The summed E-state index contributed by atoms with van der Waals surface area (Å²) in [5, 5.41) is 14.0. The summed E-state index contributed by atoms with van der Waals surface area (Å²) in [6.45, 7) is 6.28. The Morgan fingerprint density at radius 1 is 0.980 bits per heavy atom. The molecule has 0 unspecified atom stereocenters. The molecule has 0 saturated carbocycles. The fourth-order valence-corrected chi connectivity index (χ4v) is 8.07. The van der Waals surface area contributed by atoms with Gasteiger partial charge in [-0.25, -0.2) is 4.79 Å². The molecule has 3 fully saturated rings. The van der Waals surface area contributed by atoms with Gasteiger partial charge in [-0.15, -0.1) is 0 Å². The first-order valence-electron chi connectivity index (χ1n) is 18.5. The van der Waals surface area contributed by atoms with Crippen LogP contribution in [0.25, 0.3) is 10.9 Å². The Morgan fingerprint density at radius 3 is 2.39 bits per heavy atom. The molecule has 1 aromatic heterocycles. The maximum Gasteiger partial charge on any atom is 0.410 e. The van der Waals surface area contributed by atoms with E-state index in [1.165, 1.54) is 6.07 Å². The number of piperidine rings is 3. The molecular formula is C39H52N6O6. The Kier molecular flexibility index (Phi) is 11.9. The molecular weight excluding hydrogens is 648 g/mol. The van der Waals surface area contributed by atoms with Crippen LogP contribution in [0.5, 0.6) is 0 Å². The topological polar surface area (TPSA) is 139 Å². The minimum absolute atomic E-state index is 0.0159. The molecule has 3 aromatic rings. The largest absolute Gasteiger partial charge is 0.436 e. The van der Waals surface area contributed by atoms with Crippen LogP contribution in [0.1, 0.15) is 55.2 Å². The summed E-state index contributed by atoms with van der Waals surface area (Å²) in [6, 6.07) is 15.6. The number of aliphatic hydroxyl groups is 1. The van der Waals surface area contributed by atoms with Gasteiger partial charge in [-0.1, -0.05) is 24.3 Å².